The second-order valence-corrected chi connectivity index (χ2v) is 7.95. The highest BCUT2D eigenvalue weighted by atomic mass is 35.5. The van der Waals surface area contributed by atoms with Gasteiger partial charge in [-0.2, -0.15) is 0 Å². The number of aromatic nitrogens is 2. The Labute approximate surface area is 162 Å². The first kappa shape index (κ1) is 17.6. The molecule has 2 aromatic carbocycles. The number of fused-ring (bicyclic) bond motifs is 1. The van der Waals surface area contributed by atoms with Crippen LogP contribution in [0.2, 0.25) is 5.02 Å². The molecule has 0 radical (unpaired) electrons. The molecule has 136 valence electrons. The Bertz CT molecular complexity index is 1180. The fraction of sp³-hybridized carbons (Fsp3) is 0.182. The Kier molecular flexibility index (Phi) is 4.16. The van der Waals surface area contributed by atoms with E-state index in [1.807, 2.05) is 73.9 Å². The zero-order valence-electron chi connectivity index (χ0n) is 15.4. The van der Waals surface area contributed by atoms with Gasteiger partial charge in [0, 0.05) is 27.7 Å². The summed E-state index contributed by atoms with van der Waals surface area (Å²) in [6.07, 6.45) is 3.47. The van der Waals surface area contributed by atoms with Gasteiger partial charge in [-0.25, -0.2) is 4.98 Å². The first-order valence-corrected chi connectivity index (χ1v) is 9.09. The molecule has 27 heavy (non-hydrogen) atoms. The maximum atomic E-state index is 13.1. The van der Waals surface area contributed by atoms with Gasteiger partial charge >= 0.3 is 0 Å². The molecule has 4 rings (SSSR count). The predicted molar refractivity (Wildman–Crippen MR) is 109 cm³/mol. The molecule has 4 aromatic rings. The van der Waals surface area contributed by atoms with Crippen molar-refractivity contribution in [2.75, 3.05) is 0 Å². The molecule has 0 spiro atoms. The van der Waals surface area contributed by atoms with Gasteiger partial charge in [-0.3, -0.25) is 4.79 Å². The van der Waals surface area contributed by atoms with E-state index in [0.717, 1.165) is 17.0 Å². The number of pyridine rings is 1. The van der Waals surface area contributed by atoms with Crippen molar-refractivity contribution in [3.8, 4) is 17.1 Å². The summed E-state index contributed by atoms with van der Waals surface area (Å²) in [5.74, 6) is 1.07. The summed E-state index contributed by atoms with van der Waals surface area (Å²) in [5, 5.41) is 1.27. The van der Waals surface area contributed by atoms with Crippen LogP contribution >= 0.6 is 11.6 Å². The zero-order chi connectivity index (χ0) is 19.2. The second-order valence-electron chi connectivity index (χ2n) is 7.52. The van der Waals surface area contributed by atoms with E-state index < -0.39 is 0 Å². The van der Waals surface area contributed by atoms with Gasteiger partial charge in [0.15, 0.2) is 0 Å². The highest BCUT2D eigenvalue weighted by Crippen LogP contribution is 2.28. The van der Waals surface area contributed by atoms with Crippen molar-refractivity contribution >= 4 is 22.5 Å². The van der Waals surface area contributed by atoms with Gasteiger partial charge in [0.05, 0.1) is 11.7 Å². The SMILES string of the molecule is CC(C)(C)c1cnc(-c2cn(-c3ccc(Cl)cc3)c3ccccc3c2=O)o1. The lowest BCUT2D eigenvalue weighted by atomic mass is 9.94. The van der Waals surface area contributed by atoms with Gasteiger partial charge in [-0.05, 0) is 36.4 Å². The van der Waals surface area contributed by atoms with Crippen LogP contribution in [-0.2, 0) is 5.41 Å². The molecule has 2 heterocycles. The smallest absolute Gasteiger partial charge is 0.231 e. The number of oxazole rings is 1. The van der Waals surface area contributed by atoms with E-state index in [4.69, 9.17) is 16.0 Å². The molecule has 0 aliphatic rings. The minimum atomic E-state index is -0.183. The predicted octanol–water partition coefficient (Wildman–Crippen LogP) is 5.60. The first-order valence-electron chi connectivity index (χ1n) is 8.71. The molecule has 0 fully saturated rings. The monoisotopic (exact) mass is 378 g/mol. The fourth-order valence-electron chi connectivity index (χ4n) is 2.99. The van der Waals surface area contributed by atoms with Crippen molar-refractivity contribution in [2.24, 2.45) is 0 Å². The first-order chi connectivity index (χ1) is 12.8. The molecular formula is C22H19ClN2O2. The van der Waals surface area contributed by atoms with Crippen LogP contribution in [0.5, 0.6) is 0 Å². The van der Waals surface area contributed by atoms with Crippen molar-refractivity contribution in [3.05, 3.63) is 81.9 Å². The van der Waals surface area contributed by atoms with E-state index in [2.05, 4.69) is 4.98 Å². The summed E-state index contributed by atoms with van der Waals surface area (Å²) in [5.41, 5.74) is 1.87. The van der Waals surface area contributed by atoms with Gasteiger partial charge in [-0.15, -0.1) is 0 Å². The Hall–Kier alpha value is -2.85. The van der Waals surface area contributed by atoms with Crippen LogP contribution in [0.4, 0.5) is 0 Å². The molecule has 0 atom stereocenters. The maximum Gasteiger partial charge on any atom is 0.231 e. The molecule has 0 bridgehead atoms. The maximum absolute atomic E-state index is 13.1. The third-order valence-electron chi connectivity index (χ3n) is 4.49. The number of hydrogen-bond donors (Lipinski definition) is 0. The summed E-state index contributed by atoms with van der Waals surface area (Å²) in [4.78, 5) is 17.5. The van der Waals surface area contributed by atoms with Crippen LogP contribution in [0.15, 0.2) is 70.1 Å². The van der Waals surface area contributed by atoms with E-state index in [9.17, 15) is 4.79 Å². The molecule has 0 aliphatic carbocycles. The Balaban J connectivity index is 1.99. The Morgan fingerprint density at radius 2 is 1.74 bits per heavy atom. The van der Waals surface area contributed by atoms with Crippen LogP contribution in [-0.4, -0.2) is 9.55 Å². The van der Waals surface area contributed by atoms with Crippen LogP contribution in [0.3, 0.4) is 0 Å². The van der Waals surface area contributed by atoms with E-state index in [1.165, 1.54) is 0 Å². The normalized spacial score (nSPS) is 11.9. The third kappa shape index (κ3) is 3.17. The zero-order valence-corrected chi connectivity index (χ0v) is 16.1. The van der Waals surface area contributed by atoms with Crippen molar-refractivity contribution < 1.29 is 4.42 Å². The molecule has 5 heteroatoms. The highest BCUT2D eigenvalue weighted by Gasteiger charge is 2.22. The number of rotatable bonds is 2. The van der Waals surface area contributed by atoms with Crippen LogP contribution in [0.25, 0.3) is 28.0 Å². The number of para-hydroxylation sites is 1. The van der Waals surface area contributed by atoms with Crippen molar-refractivity contribution in [1.82, 2.24) is 9.55 Å². The molecule has 0 unspecified atom stereocenters. The van der Waals surface area contributed by atoms with E-state index in [0.29, 0.717) is 21.9 Å². The summed E-state index contributed by atoms with van der Waals surface area (Å²) >= 11 is 6.03. The summed E-state index contributed by atoms with van der Waals surface area (Å²) < 4.78 is 7.89. The average molecular weight is 379 g/mol. The Morgan fingerprint density at radius 3 is 2.41 bits per heavy atom. The Morgan fingerprint density at radius 1 is 1.04 bits per heavy atom. The molecule has 0 aliphatic heterocycles. The largest absolute Gasteiger partial charge is 0.440 e. The van der Waals surface area contributed by atoms with Crippen LogP contribution in [0.1, 0.15) is 26.5 Å². The van der Waals surface area contributed by atoms with Crippen molar-refractivity contribution in [3.63, 3.8) is 0 Å². The summed E-state index contributed by atoms with van der Waals surface area (Å²) in [7, 11) is 0. The van der Waals surface area contributed by atoms with Crippen molar-refractivity contribution in [2.45, 2.75) is 26.2 Å². The highest BCUT2D eigenvalue weighted by molar-refractivity contribution is 6.30. The van der Waals surface area contributed by atoms with Gasteiger partial charge in [0.25, 0.3) is 0 Å². The minimum absolute atomic E-state index is 0.0990. The third-order valence-corrected chi connectivity index (χ3v) is 4.74. The lowest BCUT2D eigenvalue weighted by Crippen LogP contribution is -2.11. The fourth-order valence-corrected chi connectivity index (χ4v) is 3.12. The molecule has 0 saturated carbocycles. The van der Waals surface area contributed by atoms with E-state index >= 15 is 0 Å². The lowest BCUT2D eigenvalue weighted by molar-refractivity contribution is 0.415. The topological polar surface area (TPSA) is 48.0 Å². The minimum Gasteiger partial charge on any atom is -0.440 e. The summed E-state index contributed by atoms with van der Waals surface area (Å²) in [6.45, 7) is 6.14. The molecule has 0 amide bonds. The molecule has 0 N–H and O–H groups in total. The molecular weight excluding hydrogens is 360 g/mol. The van der Waals surface area contributed by atoms with Crippen LogP contribution < -0.4 is 5.43 Å². The van der Waals surface area contributed by atoms with Gasteiger partial charge in [0.1, 0.15) is 11.3 Å². The summed E-state index contributed by atoms with van der Waals surface area (Å²) in [6, 6.07) is 15.0. The lowest BCUT2D eigenvalue weighted by Gasteiger charge is -2.14. The number of nitrogens with zero attached hydrogens (tertiary/aromatic N) is 2. The quantitative estimate of drug-likeness (QED) is 0.456. The van der Waals surface area contributed by atoms with Gasteiger partial charge in [0.2, 0.25) is 11.3 Å². The number of halogens is 1. The molecule has 4 nitrogen and oxygen atoms in total. The van der Waals surface area contributed by atoms with Gasteiger partial charge in [-0.1, -0.05) is 44.5 Å². The van der Waals surface area contributed by atoms with Gasteiger partial charge < -0.3 is 8.98 Å². The van der Waals surface area contributed by atoms with E-state index in [-0.39, 0.29) is 10.8 Å². The standard InChI is InChI=1S/C22H19ClN2O2/c1-22(2,3)19-12-24-21(27-19)17-13-25(15-10-8-14(23)9-11-15)18-7-5-4-6-16(18)20(17)26/h4-13H,1-3H3. The molecule has 2 aromatic heterocycles. The van der Waals surface area contributed by atoms with Crippen LogP contribution in [0, 0.1) is 0 Å². The average Bonchev–Trinajstić information content (AvgIpc) is 3.14. The second kappa shape index (κ2) is 6.39. The van der Waals surface area contributed by atoms with Crippen molar-refractivity contribution in [1.29, 1.82) is 0 Å². The molecule has 0 saturated heterocycles. The van der Waals surface area contributed by atoms with E-state index in [1.54, 1.807) is 12.4 Å². The number of hydrogen-bond acceptors (Lipinski definition) is 3. The number of benzene rings is 2.